The SMILES string of the molecule is COc1nc(N[C@@H]2CCN(C3COC3)C[C@@H]2F)nn2cc(F)c(-c3ccc4c(c3)[C@H](CCC(F)F)CC=N4)c12. The van der Waals surface area contributed by atoms with Crippen molar-refractivity contribution < 1.29 is 27.0 Å². The van der Waals surface area contributed by atoms with Crippen molar-refractivity contribution in [3.05, 3.63) is 35.8 Å². The van der Waals surface area contributed by atoms with E-state index in [-0.39, 0.29) is 35.8 Å². The third-order valence-electron chi connectivity index (χ3n) is 7.88. The smallest absolute Gasteiger partial charge is 0.244 e. The lowest BCUT2D eigenvalue weighted by molar-refractivity contribution is -0.0794. The van der Waals surface area contributed by atoms with Gasteiger partial charge in [-0.15, -0.1) is 5.10 Å². The molecule has 1 N–H and O–H groups in total. The predicted molar refractivity (Wildman–Crippen MR) is 139 cm³/mol. The minimum absolute atomic E-state index is 0.130. The second kappa shape index (κ2) is 10.7. The lowest BCUT2D eigenvalue weighted by Gasteiger charge is -2.42. The first-order valence-electron chi connectivity index (χ1n) is 13.2. The number of methoxy groups -OCH3 is 1. The number of rotatable bonds is 8. The Morgan fingerprint density at radius 1 is 1.26 bits per heavy atom. The lowest BCUT2D eigenvalue weighted by atomic mass is 9.87. The molecule has 0 bridgehead atoms. The minimum Gasteiger partial charge on any atom is -0.479 e. The maximum absolute atomic E-state index is 15.4. The summed E-state index contributed by atoms with van der Waals surface area (Å²) in [7, 11) is 1.43. The molecule has 0 spiro atoms. The van der Waals surface area contributed by atoms with Crippen molar-refractivity contribution in [1.82, 2.24) is 19.5 Å². The van der Waals surface area contributed by atoms with Gasteiger partial charge in [0, 0.05) is 25.7 Å². The number of nitrogens with zero attached hydrogens (tertiary/aromatic N) is 5. The van der Waals surface area contributed by atoms with Gasteiger partial charge in [0.05, 0.1) is 49.9 Å². The normalized spacial score (nSPS) is 23.7. The highest BCUT2D eigenvalue weighted by Crippen LogP contribution is 2.41. The van der Waals surface area contributed by atoms with E-state index in [1.807, 2.05) is 0 Å². The van der Waals surface area contributed by atoms with E-state index in [0.717, 1.165) is 12.1 Å². The Morgan fingerprint density at radius 3 is 2.82 bits per heavy atom. The van der Waals surface area contributed by atoms with Crippen LogP contribution in [0.25, 0.3) is 16.6 Å². The average molecular weight is 547 g/mol. The number of piperidine rings is 1. The van der Waals surface area contributed by atoms with Crippen molar-refractivity contribution in [3.63, 3.8) is 0 Å². The third kappa shape index (κ3) is 5.07. The van der Waals surface area contributed by atoms with Crippen molar-refractivity contribution >= 4 is 23.4 Å². The average Bonchev–Trinajstić information content (AvgIpc) is 3.22. The summed E-state index contributed by atoms with van der Waals surface area (Å²) in [5.74, 6) is -0.395. The quantitative estimate of drug-likeness (QED) is 0.401. The molecule has 6 rings (SSSR count). The molecule has 39 heavy (non-hydrogen) atoms. The van der Waals surface area contributed by atoms with E-state index in [2.05, 4.69) is 25.3 Å². The molecule has 3 atom stereocenters. The van der Waals surface area contributed by atoms with Crippen molar-refractivity contribution in [2.45, 2.75) is 56.3 Å². The van der Waals surface area contributed by atoms with Gasteiger partial charge in [-0.05, 0) is 48.4 Å². The van der Waals surface area contributed by atoms with Crippen molar-refractivity contribution in [3.8, 4) is 17.0 Å². The predicted octanol–water partition coefficient (Wildman–Crippen LogP) is 5.00. The molecule has 2 aromatic heterocycles. The van der Waals surface area contributed by atoms with Gasteiger partial charge in [-0.25, -0.2) is 22.1 Å². The van der Waals surface area contributed by atoms with E-state index in [0.29, 0.717) is 55.8 Å². The number of halogens is 4. The van der Waals surface area contributed by atoms with Gasteiger partial charge in [-0.3, -0.25) is 9.89 Å². The summed E-state index contributed by atoms with van der Waals surface area (Å²) in [4.78, 5) is 10.9. The second-order valence-electron chi connectivity index (χ2n) is 10.3. The summed E-state index contributed by atoms with van der Waals surface area (Å²) in [6.45, 7) is 2.30. The first kappa shape index (κ1) is 26.0. The number of alkyl halides is 3. The molecule has 0 amide bonds. The monoisotopic (exact) mass is 546 g/mol. The molecule has 2 saturated heterocycles. The van der Waals surface area contributed by atoms with Crippen molar-refractivity contribution in [2.75, 3.05) is 38.7 Å². The zero-order chi connectivity index (χ0) is 27.1. The standard InChI is InChI=1S/C27H30F4N6O2/c1-38-26-25-24(16-2-4-21-18(10-16)15(6-8-32-21)3-5-23(30)31)20(29)12-37(25)35-27(34-26)33-22-7-9-36(11-19(22)28)17-13-39-14-17/h2,4,8,10,12,15,17,19,22-23H,3,5-7,9,11,13-14H2,1H3,(H,33,35)/t15-,19+,22-/m1/s1. The van der Waals surface area contributed by atoms with Crippen LogP contribution in [0.3, 0.4) is 0 Å². The molecular formula is C27H30F4N6O2. The number of fused-ring (bicyclic) bond motifs is 2. The van der Waals surface area contributed by atoms with Crippen LogP contribution in [0.5, 0.6) is 5.88 Å². The molecule has 2 fully saturated rings. The van der Waals surface area contributed by atoms with Gasteiger partial charge in [0.1, 0.15) is 11.7 Å². The first-order chi connectivity index (χ1) is 18.9. The molecule has 3 aliphatic rings. The summed E-state index contributed by atoms with van der Waals surface area (Å²) in [5, 5.41) is 7.50. The Balaban J connectivity index is 1.29. The molecule has 3 aliphatic heterocycles. The number of anilines is 1. The van der Waals surface area contributed by atoms with Gasteiger partial charge in [-0.1, -0.05) is 6.07 Å². The Kier molecular flexibility index (Phi) is 7.15. The van der Waals surface area contributed by atoms with E-state index >= 15 is 8.78 Å². The summed E-state index contributed by atoms with van der Waals surface area (Å²) in [6, 6.07) is 5.10. The largest absolute Gasteiger partial charge is 0.479 e. The maximum Gasteiger partial charge on any atom is 0.244 e. The maximum atomic E-state index is 15.4. The lowest BCUT2D eigenvalue weighted by Crippen LogP contribution is -2.57. The number of aromatic nitrogens is 3. The summed E-state index contributed by atoms with van der Waals surface area (Å²) >= 11 is 0. The van der Waals surface area contributed by atoms with Crippen molar-refractivity contribution in [2.24, 2.45) is 4.99 Å². The molecule has 8 nitrogen and oxygen atoms in total. The van der Waals surface area contributed by atoms with Gasteiger partial charge in [-0.2, -0.15) is 4.98 Å². The number of ether oxygens (including phenoxy) is 2. The molecule has 208 valence electrons. The first-order valence-corrected chi connectivity index (χ1v) is 13.2. The number of aliphatic imine (C=N–C) groups is 1. The zero-order valence-electron chi connectivity index (χ0n) is 21.5. The molecule has 3 aromatic rings. The van der Waals surface area contributed by atoms with Crippen LogP contribution in [-0.2, 0) is 4.74 Å². The Hall–Kier alpha value is -3.25. The van der Waals surface area contributed by atoms with Gasteiger partial charge >= 0.3 is 0 Å². The van der Waals surface area contributed by atoms with Gasteiger partial charge in [0.25, 0.3) is 0 Å². The molecule has 0 aliphatic carbocycles. The van der Waals surface area contributed by atoms with Crippen LogP contribution < -0.4 is 10.1 Å². The number of nitrogens with one attached hydrogen (secondary N) is 1. The molecule has 0 radical (unpaired) electrons. The third-order valence-corrected chi connectivity index (χ3v) is 7.88. The van der Waals surface area contributed by atoms with Gasteiger partial charge in [0.15, 0.2) is 5.82 Å². The van der Waals surface area contributed by atoms with E-state index in [4.69, 9.17) is 9.47 Å². The van der Waals surface area contributed by atoms with Crippen molar-refractivity contribution in [1.29, 1.82) is 0 Å². The number of likely N-dealkylation sites (tertiary alicyclic amines) is 1. The molecule has 12 heteroatoms. The van der Waals surface area contributed by atoms with Crippen LogP contribution in [0.15, 0.2) is 29.4 Å². The highest BCUT2D eigenvalue weighted by Gasteiger charge is 2.36. The minimum atomic E-state index is -2.38. The van der Waals surface area contributed by atoms with E-state index in [1.54, 1.807) is 24.4 Å². The van der Waals surface area contributed by atoms with E-state index in [9.17, 15) is 8.78 Å². The van der Waals surface area contributed by atoms with Crippen LogP contribution in [0.2, 0.25) is 0 Å². The van der Waals surface area contributed by atoms with Crippen LogP contribution in [-0.4, -0.2) is 83.8 Å². The highest BCUT2D eigenvalue weighted by atomic mass is 19.3. The molecular weight excluding hydrogens is 516 g/mol. The second-order valence-corrected chi connectivity index (χ2v) is 10.3. The summed E-state index contributed by atoms with van der Waals surface area (Å²) in [5.41, 5.74) is 2.61. The van der Waals surface area contributed by atoms with Gasteiger partial charge in [0.2, 0.25) is 18.3 Å². The number of hydrogen-bond acceptors (Lipinski definition) is 7. The fraction of sp³-hybridized carbons (Fsp3) is 0.519. The van der Waals surface area contributed by atoms with Crippen LogP contribution >= 0.6 is 0 Å². The molecule has 0 unspecified atom stereocenters. The van der Waals surface area contributed by atoms with Crippen LogP contribution in [0.1, 0.15) is 37.2 Å². The molecule has 5 heterocycles. The molecule has 0 saturated carbocycles. The summed E-state index contributed by atoms with van der Waals surface area (Å²) < 4.78 is 68.3. The highest BCUT2D eigenvalue weighted by molar-refractivity contribution is 5.86. The Bertz CT molecular complexity index is 1380. The Morgan fingerprint density at radius 2 is 2.10 bits per heavy atom. The summed E-state index contributed by atoms with van der Waals surface area (Å²) in [6.07, 6.45) is 0.677. The van der Waals surface area contributed by atoms with Crippen LogP contribution in [0.4, 0.5) is 29.2 Å². The van der Waals surface area contributed by atoms with E-state index < -0.39 is 24.5 Å². The topological polar surface area (TPSA) is 76.3 Å². The van der Waals surface area contributed by atoms with Gasteiger partial charge < -0.3 is 14.8 Å². The Labute approximate surface area is 223 Å². The zero-order valence-corrected chi connectivity index (χ0v) is 21.5. The van der Waals surface area contributed by atoms with E-state index in [1.165, 1.54) is 17.8 Å². The fourth-order valence-corrected chi connectivity index (χ4v) is 5.68. The number of hydrogen-bond donors (Lipinski definition) is 1. The molecule has 1 aromatic carbocycles. The number of benzene rings is 1. The fourth-order valence-electron chi connectivity index (χ4n) is 5.68. The van der Waals surface area contributed by atoms with Crippen LogP contribution in [0, 0.1) is 5.82 Å².